The molecule has 0 aliphatic carbocycles. The van der Waals surface area contributed by atoms with E-state index in [1.165, 1.54) is 0 Å². The lowest BCUT2D eigenvalue weighted by Gasteiger charge is -2.34. The zero-order valence-electron chi connectivity index (χ0n) is 12.6. The van der Waals surface area contributed by atoms with E-state index < -0.39 is 6.10 Å². The van der Waals surface area contributed by atoms with Gasteiger partial charge in [-0.3, -0.25) is 4.79 Å². The van der Waals surface area contributed by atoms with Crippen LogP contribution in [0.4, 0.5) is 0 Å². The predicted molar refractivity (Wildman–Crippen MR) is 91.3 cm³/mol. The lowest BCUT2D eigenvalue weighted by Crippen LogP contribution is -2.39. The molecule has 1 saturated heterocycles. The molecule has 1 aromatic carbocycles. The van der Waals surface area contributed by atoms with Crippen LogP contribution in [0.1, 0.15) is 37.4 Å². The zero-order valence-corrected chi connectivity index (χ0v) is 14.2. The first-order chi connectivity index (χ1) is 10.1. The number of amides is 1. The van der Waals surface area contributed by atoms with Gasteiger partial charge in [0.25, 0.3) is 0 Å². The highest BCUT2D eigenvalue weighted by atomic mass is 35.5. The maximum Gasteiger partial charge on any atom is 0.222 e. The van der Waals surface area contributed by atoms with Gasteiger partial charge in [0.2, 0.25) is 5.91 Å². The van der Waals surface area contributed by atoms with Crippen LogP contribution in [0.2, 0.25) is 5.02 Å². The number of aliphatic hydroxyl groups is 1. The molecule has 1 aliphatic rings. The number of benzene rings is 1. The van der Waals surface area contributed by atoms with E-state index in [1.807, 2.05) is 17.0 Å². The Bertz CT molecular complexity index is 460. The minimum absolute atomic E-state index is 0. The summed E-state index contributed by atoms with van der Waals surface area (Å²) in [6.07, 6.45) is 2.45. The van der Waals surface area contributed by atoms with Crippen LogP contribution in [-0.2, 0) is 4.79 Å². The standard InChI is InChI=1S/C16H23ClN2O2.ClH/c17-14-5-3-12(4-6-14)16(21)13-7-10-19(11-8-13)15(20)2-1-9-18;/h3-6,13,16,21H,1-2,7-11,18H2;1H. The number of hydrogen-bond acceptors (Lipinski definition) is 3. The highest BCUT2D eigenvalue weighted by Gasteiger charge is 2.27. The summed E-state index contributed by atoms with van der Waals surface area (Å²) in [5.74, 6) is 0.379. The van der Waals surface area contributed by atoms with E-state index in [0.717, 1.165) is 37.9 Å². The van der Waals surface area contributed by atoms with Crippen molar-refractivity contribution in [1.29, 1.82) is 0 Å². The molecule has 1 atom stereocenters. The maximum absolute atomic E-state index is 11.9. The van der Waals surface area contributed by atoms with E-state index in [2.05, 4.69) is 0 Å². The fourth-order valence-electron chi connectivity index (χ4n) is 2.81. The summed E-state index contributed by atoms with van der Waals surface area (Å²) in [4.78, 5) is 13.8. The summed E-state index contributed by atoms with van der Waals surface area (Å²) in [7, 11) is 0. The van der Waals surface area contributed by atoms with Crippen molar-refractivity contribution >= 4 is 29.9 Å². The molecule has 0 spiro atoms. The number of nitrogens with two attached hydrogens (primary N) is 1. The van der Waals surface area contributed by atoms with Crippen molar-refractivity contribution in [3.63, 3.8) is 0 Å². The molecule has 0 bridgehead atoms. The first-order valence-corrected chi connectivity index (χ1v) is 7.91. The molecule has 0 radical (unpaired) electrons. The monoisotopic (exact) mass is 346 g/mol. The van der Waals surface area contributed by atoms with E-state index in [0.29, 0.717) is 18.0 Å². The van der Waals surface area contributed by atoms with Crippen molar-refractivity contribution in [3.05, 3.63) is 34.9 Å². The Labute approximate surface area is 143 Å². The molecule has 1 fully saturated rings. The molecule has 1 heterocycles. The second-order valence-corrected chi connectivity index (χ2v) is 6.04. The van der Waals surface area contributed by atoms with Crippen molar-refractivity contribution < 1.29 is 9.90 Å². The van der Waals surface area contributed by atoms with Gasteiger partial charge in [0.1, 0.15) is 0 Å². The van der Waals surface area contributed by atoms with E-state index in [-0.39, 0.29) is 24.2 Å². The lowest BCUT2D eigenvalue weighted by atomic mass is 9.87. The minimum Gasteiger partial charge on any atom is -0.388 e. The van der Waals surface area contributed by atoms with Gasteiger partial charge in [0, 0.05) is 24.5 Å². The molecule has 1 aliphatic heterocycles. The van der Waals surface area contributed by atoms with Gasteiger partial charge >= 0.3 is 0 Å². The Morgan fingerprint density at radius 2 is 1.91 bits per heavy atom. The molecule has 1 unspecified atom stereocenters. The molecule has 124 valence electrons. The molecule has 3 N–H and O–H groups in total. The van der Waals surface area contributed by atoms with Crippen LogP contribution in [0.15, 0.2) is 24.3 Å². The summed E-state index contributed by atoms with van der Waals surface area (Å²) in [5, 5.41) is 11.1. The van der Waals surface area contributed by atoms with Crippen molar-refractivity contribution in [2.45, 2.75) is 31.8 Å². The van der Waals surface area contributed by atoms with Gasteiger partial charge in [-0.05, 0) is 49.4 Å². The Hall–Kier alpha value is -0.810. The highest BCUT2D eigenvalue weighted by molar-refractivity contribution is 6.30. The molecular weight excluding hydrogens is 323 g/mol. The number of nitrogens with zero attached hydrogens (tertiary/aromatic N) is 1. The fourth-order valence-corrected chi connectivity index (χ4v) is 2.93. The zero-order chi connectivity index (χ0) is 15.2. The summed E-state index contributed by atoms with van der Waals surface area (Å²) in [6.45, 7) is 1.99. The topological polar surface area (TPSA) is 66.6 Å². The molecular formula is C16H24Cl2N2O2. The van der Waals surface area contributed by atoms with Crippen LogP contribution in [0, 0.1) is 5.92 Å². The molecule has 1 aromatic rings. The minimum atomic E-state index is -0.483. The molecule has 0 aromatic heterocycles. The average Bonchev–Trinajstić information content (AvgIpc) is 2.53. The van der Waals surface area contributed by atoms with E-state index in [1.54, 1.807) is 12.1 Å². The van der Waals surface area contributed by atoms with E-state index in [9.17, 15) is 9.90 Å². The summed E-state index contributed by atoms with van der Waals surface area (Å²) in [6, 6.07) is 7.33. The Balaban J connectivity index is 0.00000242. The van der Waals surface area contributed by atoms with Gasteiger partial charge in [-0.2, -0.15) is 0 Å². The fraction of sp³-hybridized carbons (Fsp3) is 0.562. The van der Waals surface area contributed by atoms with Crippen molar-refractivity contribution in [1.82, 2.24) is 4.90 Å². The number of aliphatic hydroxyl groups excluding tert-OH is 1. The smallest absolute Gasteiger partial charge is 0.222 e. The van der Waals surface area contributed by atoms with Gasteiger partial charge in [-0.15, -0.1) is 12.4 Å². The molecule has 22 heavy (non-hydrogen) atoms. The first kappa shape index (κ1) is 19.2. The maximum atomic E-state index is 11.9. The highest BCUT2D eigenvalue weighted by Crippen LogP contribution is 2.31. The van der Waals surface area contributed by atoms with Crippen molar-refractivity contribution in [2.75, 3.05) is 19.6 Å². The van der Waals surface area contributed by atoms with Crippen LogP contribution >= 0.6 is 24.0 Å². The normalized spacial score (nSPS) is 17.0. The molecule has 0 saturated carbocycles. The van der Waals surface area contributed by atoms with E-state index >= 15 is 0 Å². The molecule has 2 rings (SSSR count). The number of halogens is 2. The quantitative estimate of drug-likeness (QED) is 0.861. The van der Waals surface area contributed by atoms with Crippen LogP contribution < -0.4 is 5.73 Å². The second kappa shape index (κ2) is 9.36. The number of piperidine rings is 1. The summed E-state index contributed by atoms with van der Waals surface area (Å²) >= 11 is 5.86. The second-order valence-electron chi connectivity index (χ2n) is 5.61. The van der Waals surface area contributed by atoms with Gasteiger partial charge in [-0.1, -0.05) is 23.7 Å². The number of carbonyl (C=O) groups is 1. The Kier molecular flexibility index (Phi) is 8.18. The van der Waals surface area contributed by atoms with E-state index in [4.69, 9.17) is 17.3 Å². The Morgan fingerprint density at radius 3 is 2.45 bits per heavy atom. The van der Waals surface area contributed by atoms with Gasteiger partial charge in [0.05, 0.1) is 6.10 Å². The lowest BCUT2D eigenvalue weighted by molar-refractivity contribution is -0.133. The third kappa shape index (κ3) is 5.13. The SMILES string of the molecule is Cl.NCCCC(=O)N1CCC(C(O)c2ccc(Cl)cc2)CC1. The first-order valence-electron chi connectivity index (χ1n) is 7.53. The van der Waals surface area contributed by atoms with Gasteiger partial charge < -0.3 is 15.7 Å². The summed E-state index contributed by atoms with van der Waals surface area (Å²) < 4.78 is 0. The van der Waals surface area contributed by atoms with Gasteiger partial charge in [0.15, 0.2) is 0 Å². The summed E-state index contributed by atoms with van der Waals surface area (Å²) in [5.41, 5.74) is 6.33. The van der Waals surface area contributed by atoms with Crippen LogP contribution in [0.3, 0.4) is 0 Å². The van der Waals surface area contributed by atoms with Crippen LogP contribution in [-0.4, -0.2) is 35.5 Å². The van der Waals surface area contributed by atoms with Crippen LogP contribution in [0.25, 0.3) is 0 Å². The molecule has 6 heteroatoms. The molecule has 4 nitrogen and oxygen atoms in total. The molecule has 1 amide bonds. The Morgan fingerprint density at radius 1 is 1.32 bits per heavy atom. The van der Waals surface area contributed by atoms with Gasteiger partial charge in [-0.25, -0.2) is 0 Å². The average molecular weight is 347 g/mol. The number of carbonyl (C=O) groups excluding carboxylic acids is 1. The predicted octanol–water partition coefficient (Wildman–Crippen LogP) is 2.77. The van der Waals surface area contributed by atoms with Crippen molar-refractivity contribution in [2.24, 2.45) is 11.7 Å². The van der Waals surface area contributed by atoms with Crippen molar-refractivity contribution in [3.8, 4) is 0 Å². The third-order valence-electron chi connectivity index (χ3n) is 4.15. The third-order valence-corrected chi connectivity index (χ3v) is 4.40. The number of likely N-dealkylation sites (tertiary alicyclic amines) is 1. The largest absolute Gasteiger partial charge is 0.388 e. The number of rotatable bonds is 5. The van der Waals surface area contributed by atoms with Crippen LogP contribution in [0.5, 0.6) is 0 Å². The number of hydrogen-bond donors (Lipinski definition) is 2.